The summed E-state index contributed by atoms with van der Waals surface area (Å²) in [6.07, 6.45) is 0. The Morgan fingerprint density at radius 2 is 1.70 bits per heavy atom. The number of amides is 1. The fourth-order valence-corrected chi connectivity index (χ4v) is 2.53. The van der Waals surface area contributed by atoms with Gasteiger partial charge in [-0.1, -0.05) is 29.8 Å². The maximum absolute atomic E-state index is 12.6. The van der Waals surface area contributed by atoms with Crippen LogP contribution in [-0.4, -0.2) is 15.6 Å². The molecule has 0 aliphatic carbocycles. The first kappa shape index (κ1) is 15.1. The van der Waals surface area contributed by atoms with Crippen LogP contribution in [0.4, 0.5) is 5.69 Å². The zero-order chi connectivity index (χ0) is 16.6. The quantitative estimate of drug-likeness (QED) is 0.759. The average molecular weight is 329 g/mol. The first-order valence-corrected chi connectivity index (χ1v) is 7.24. The average Bonchev–Trinajstić information content (AvgIpc) is 2.55. The van der Waals surface area contributed by atoms with E-state index < -0.39 is 5.91 Å². The van der Waals surface area contributed by atoms with Crippen molar-refractivity contribution in [3.8, 4) is 5.88 Å². The fourth-order valence-electron chi connectivity index (χ4n) is 2.40. The predicted octanol–water partition coefficient (Wildman–Crippen LogP) is 3.15. The van der Waals surface area contributed by atoms with Gasteiger partial charge in [-0.05, 0) is 30.3 Å². The maximum atomic E-state index is 12.6. The van der Waals surface area contributed by atoms with Gasteiger partial charge >= 0.3 is 0 Å². The SMILES string of the molecule is Cn1c(O)c(C(=O)Nc2ccc(Cl)cc2)c2ccccc2c1=O. The lowest BCUT2D eigenvalue weighted by atomic mass is 10.1. The minimum atomic E-state index is -0.503. The fraction of sp³-hybridized carbons (Fsp3) is 0.0588. The molecule has 2 aromatic carbocycles. The number of aromatic nitrogens is 1. The van der Waals surface area contributed by atoms with Gasteiger partial charge in [-0.25, -0.2) is 0 Å². The van der Waals surface area contributed by atoms with E-state index in [-0.39, 0.29) is 17.0 Å². The van der Waals surface area contributed by atoms with Gasteiger partial charge in [-0.15, -0.1) is 0 Å². The van der Waals surface area contributed by atoms with Crippen molar-refractivity contribution >= 4 is 34.0 Å². The largest absolute Gasteiger partial charge is 0.494 e. The molecular weight excluding hydrogens is 316 g/mol. The van der Waals surface area contributed by atoms with Crippen LogP contribution in [0.5, 0.6) is 5.88 Å². The number of nitrogens with zero attached hydrogens (tertiary/aromatic N) is 1. The van der Waals surface area contributed by atoms with E-state index >= 15 is 0 Å². The second-order valence-electron chi connectivity index (χ2n) is 5.07. The number of benzene rings is 2. The lowest BCUT2D eigenvalue weighted by Crippen LogP contribution is -2.22. The van der Waals surface area contributed by atoms with E-state index in [1.54, 1.807) is 48.5 Å². The van der Waals surface area contributed by atoms with Gasteiger partial charge in [-0.3, -0.25) is 14.2 Å². The summed E-state index contributed by atoms with van der Waals surface area (Å²) < 4.78 is 1.05. The Morgan fingerprint density at radius 3 is 2.35 bits per heavy atom. The van der Waals surface area contributed by atoms with Crippen LogP contribution < -0.4 is 10.9 Å². The molecule has 0 saturated carbocycles. The molecule has 23 heavy (non-hydrogen) atoms. The summed E-state index contributed by atoms with van der Waals surface area (Å²) in [6.45, 7) is 0. The molecule has 0 unspecified atom stereocenters. The molecule has 0 spiro atoms. The highest BCUT2D eigenvalue weighted by atomic mass is 35.5. The summed E-state index contributed by atoms with van der Waals surface area (Å²) in [7, 11) is 1.42. The summed E-state index contributed by atoms with van der Waals surface area (Å²) in [5, 5.41) is 14.3. The molecule has 0 radical (unpaired) electrons. The highest BCUT2D eigenvalue weighted by Crippen LogP contribution is 2.25. The summed E-state index contributed by atoms with van der Waals surface area (Å²) in [5.74, 6) is -0.878. The van der Waals surface area contributed by atoms with Crippen LogP contribution in [0, 0.1) is 0 Å². The summed E-state index contributed by atoms with van der Waals surface area (Å²) in [4.78, 5) is 24.8. The molecule has 0 saturated heterocycles. The Bertz CT molecular complexity index is 962. The molecule has 3 aromatic rings. The molecule has 2 N–H and O–H groups in total. The van der Waals surface area contributed by atoms with Crippen LogP contribution in [-0.2, 0) is 7.05 Å². The maximum Gasteiger partial charge on any atom is 0.261 e. The molecule has 6 heteroatoms. The standard InChI is InChI=1S/C17H13ClN2O3/c1-20-16(22)13-5-3-2-4-12(13)14(17(20)23)15(21)19-11-8-6-10(18)7-9-11/h2-9,23H,1H3,(H,19,21). The zero-order valence-electron chi connectivity index (χ0n) is 12.2. The summed E-state index contributed by atoms with van der Waals surface area (Å²) in [6, 6.07) is 13.3. The Kier molecular flexibility index (Phi) is 3.80. The highest BCUT2D eigenvalue weighted by molar-refractivity contribution is 6.30. The van der Waals surface area contributed by atoms with Crippen LogP contribution in [0.15, 0.2) is 53.3 Å². The number of carbonyl (C=O) groups excluding carboxylic acids is 1. The lowest BCUT2D eigenvalue weighted by Gasteiger charge is -2.12. The predicted molar refractivity (Wildman–Crippen MR) is 90.3 cm³/mol. The van der Waals surface area contributed by atoms with E-state index in [2.05, 4.69) is 5.32 Å². The number of hydrogen-bond donors (Lipinski definition) is 2. The Hall–Kier alpha value is -2.79. The van der Waals surface area contributed by atoms with Crippen LogP contribution in [0.2, 0.25) is 5.02 Å². The number of halogens is 1. The first-order valence-electron chi connectivity index (χ1n) is 6.86. The Morgan fingerprint density at radius 1 is 1.09 bits per heavy atom. The van der Waals surface area contributed by atoms with Gasteiger partial charge in [0, 0.05) is 28.5 Å². The number of fused-ring (bicyclic) bond motifs is 1. The highest BCUT2D eigenvalue weighted by Gasteiger charge is 2.20. The van der Waals surface area contributed by atoms with Crippen molar-refractivity contribution in [2.45, 2.75) is 0 Å². The van der Waals surface area contributed by atoms with Gasteiger partial charge in [0.2, 0.25) is 5.88 Å². The van der Waals surface area contributed by atoms with Gasteiger partial charge in [0.25, 0.3) is 11.5 Å². The number of anilines is 1. The monoisotopic (exact) mass is 328 g/mol. The molecule has 0 bridgehead atoms. The van der Waals surface area contributed by atoms with Crippen molar-refractivity contribution in [2.75, 3.05) is 5.32 Å². The number of pyridine rings is 1. The van der Waals surface area contributed by atoms with E-state index in [4.69, 9.17) is 11.6 Å². The molecule has 5 nitrogen and oxygen atoms in total. The first-order chi connectivity index (χ1) is 11.0. The topological polar surface area (TPSA) is 71.3 Å². The van der Waals surface area contributed by atoms with Gasteiger partial charge < -0.3 is 10.4 Å². The minimum Gasteiger partial charge on any atom is -0.494 e. The number of carbonyl (C=O) groups is 1. The van der Waals surface area contributed by atoms with Crippen molar-refractivity contribution in [2.24, 2.45) is 7.05 Å². The number of hydrogen-bond acceptors (Lipinski definition) is 3. The third-order valence-electron chi connectivity index (χ3n) is 3.60. The number of rotatable bonds is 2. The third kappa shape index (κ3) is 2.66. The van der Waals surface area contributed by atoms with E-state index in [0.717, 1.165) is 4.57 Å². The number of nitrogens with one attached hydrogen (secondary N) is 1. The molecule has 0 fully saturated rings. The van der Waals surface area contributed by atoms with Crippen molar-refractivity contribution in [3.63, 3.8) is 0 Å². The lowest BCUT2D eigenvalue weighted by molar-refractivity contribution is 0.102. The van der Waals surface area contributed by atoms with Gasteiger partial charge in [-0.2, -0.15) is 0 Å². The van der Waals surface area contributed by atoms with Crippen LogP contribution >= 0.6 is 11.6 Å². The van der Waals surface area contributed by atoms with Crippen LogP contribution in [0.3, 0.4) is 0 Å². The molecule has 3 rings (SSSR count). The van der Waals surface area contributed by atoms with E-state index in [1.165, 1.54) is 7.05 Å². The van der Waals surface area contributed by atoms with Crippen LogP contribution in [0.25, 0.3) is 10.8 Å². The minimum absolute atomic E-state index is 0.0534. The third-order valence-corrected chi connectivity index (χ3v) is 3.85. The molecule has 0 atom stereocenters. The second kappa shape index (κ2) is 5.78. The smallest absolute Gasteiger partial charge is 0.261 e. The molecule has 1 amide bonds. The molecule has 0 aliphatic heterocycles. The normalized spacial score (nSPS) is 10.7. The molecule has 1 heterocycles. The Labute approximate surface area is 136 Å². The van der Waals surface area contributed by atoms with Crippen molar-refractivity contribution in [1.29, 1.82) is 0 Å². The van der Waals surface area contributed by atoms with Gasteiger partial charge in [0.15, 0.2) is 0 Å². The number of aromatic hydroxyl groups is 1. The van der Waals surface area contributed by atoms with Gasteiger partial charge in [0.1, 0.15) is 5.56 Å². The van der Waals surface area contributed by atoms with Crippen molar-refractivity contribution < 1.29 is 9.90 Å². The van der Waals surface area contributed by atoms with Crippen molar-refractivity contribution in [3.05, 3.63) is 69.5 Å². The zero-order valence-corrected chi connectivity index (χ0v) is 13.0. The van der Waals surface area contributed by atoms with Crippen LogP contribution in [0.1, 0.15) is 10.4 Å². The summed E-state index contributed by atoms with van der Waals surface area (Å²) in [5.41, 5.74) is 0.232. The van der Waals surface area contributed by atoms with E-state index in [9.17, 15) is 14.7 Å². The molecule has 0 aliphatic rings. The summed E-state index contributed by atoms with van der Waals surface area (Å²) >= 11 is 5.82. The van der Waals surface area contributed by atoms with Gasteiger partial charge in [0.05, 0.1) is 0 Å². The van der Waals surface area contributed by atoms with E-state index in [0.29, 0.717) is 21.5 Å². The Balaban J connectivity index is 2.13. The molecule has 1 aromatic heterocycles. The molecule has 116 valence electrons. The van der Waals surface area contributed by atoms with E-state index in [1.807, 2.05) is 0 Å². The molecular formula is C17H13ClN2O3. The second-order valence-corrected chi connectivity index (χ2v) is 5.51. The van der Waals surface area contributed by atoms with Crippen molar-refractivity contribution in [1.82, 2.24) is 4.57 Å².